The number of fused-ring (bicyclic) bond motifs is 1. The molecule has 6 heteroatoms. The van der Waals surface area contributed by atoms with E-state index in [2.05, 4.69) is 0 Å². The molecule has 0 atom stereocenters. The molecule has 0 bridgehead atoms. The Morgan fingerprint density at radius 2 is 1.68 bits per heavy atom. The Labute approximate surface area is 179 Å². The molecule has 0 aliphatic carbocycles. The lowest BCUT2D eigenvalue weighted by Gasteiger charge is -2.13. The first-order valence-corrected chi connectivity index (χ1v) is 9.93. The molecule has 0 aliphatic rings. The Balaban J connectivity index is 1.62. The van der Waals surface area contributed by atoms with E-state index in [1.54, 1.807) is 26.2 Å². The third-order valence-electron chi connectivity index (χ3n) is 5.73. The molecule has 0 saturated carbocycles. The van der Waals surface area contributed by atoms with Crippen molar-refractivity contribution in [2.75, 3.05) is 7.11 Å². The van der Waals surface area contributed by atoms with E-state index in [0.29, 0.717) is 29.3 Å². The molecule has 0 spiro atoms. The Morgan fingerprint density at radius 1 is 0.903 bits per heavy atom. The number of benzene rings is 2. The van der Waals surface area contributed by atoms with Crippen LogP contribution in [0.25, 0.3) is 22.5 Å². The van der Waals surface area contributed by atoms with Crippen LogP contribution in [-0.4, -0.2) is 12.2 Å². The molecule has 6 nitrogen and oxygen atoms in total. The van der Waals surface area contributed by atoms with E-state index >= 15 is 0 Å². The summed E-state index contributed by atoms with van der Waals surface area (Å²) in [6.07, 6.45) is 0. The quantitative estimate of drug-likeness (QED) is 0.454. The van der Waals surface area contributed by atoms with E-state index in [1.165, 1.54) is 6.92 Å². The van der Waals surface area contributed by atoms with Crippen LogP contribution in [0.5, 0.6) is 17.2 Å². The minimum Gasteiger partial charge on any atom is -0.507 e. The average Bonchev–Trinajstić information content (AvgIpc) is 3.19. The maximum absolute atomic E-state index is 12.0. The summed E-state index contributed by atoms with van der Waals surface area (Å²) in [4.78, 5) is 12.0. The van der Waals surface area contributed by atoms with E-state index in [-0.39, 0.29) is 17.1 Å². The van der Waals surface area contributed by atoms with Crippen molar-refractivity contribution in [3.8, 4) is 28.8 Å². The van der Waals surface area contributed by atoms with Crippen LogP contribution in [0.2, 0.25) is 0 Å². The SMILES string of the molecule is COc1ccc(COc2ccc3cc(-c4oc(=O)c(C)c(O)c4C)oc3c2)c(C)c1C. The van der Waals surface area contributed by atoms with Gasteiger partial charge in [0.1, 0.15) is 29.4 Å². The lowest BCUT2D eigenvalue weighted by Crippen LogP contribution is -2.05. The van der Waals surface area contributed by atoms with Crippen LogP contribution in [0.3, 0.4) is 0 Å². The molecule has 2 aromatic heterocycles. The molecular weight excluding hydrogens is 396 g/mol. The molecule has 4 rings (SSSR count). The van der Waals surface area contributed by atoms with Crippen LogP contribution in [-0.2, 0) is 6.61 Å². The topological polar surface area (TPSA) is 82.0 Å². The monoisotopic (exact) mass is 420 g/mol. The third kappa shape index (κ3) is 3.65. The smallest absolute Gasteiger partial charge is 0.343 e. The zero-order chi connectivity index (χ0) is 22.3. The van der Waals surface area contributed by atoms with Gasteiger partial charge in [0.15, 0.2) is 11.5 Å². The van der Waals surface area contributed by atoms with Crippen LogP contribution < -0.4 is 15.1 Å². The Morgan fingerprint density at radius 3 is 2.42 bits per heavy atom. The number of methoxy groups -OCH3 is 1. The molecule has 0 aliphatic heterocycles. The maximum atomic E-state index is 12.0. The van der Waals surface area contributed by atoms with E-state index in [4.69, 9.17) is 18.3 Å². The molecule has 0 fully saturated rings. The van der Waals surface area contributed by atoms with E-state index in [1.807, 2.05) is 38.1 Å². The van der Waals surface area contributed by atoms with Gasteiger partial charge in [0.2, 0.25) is 0 Å². The Hall–Kier alpha value is -3.67. The second kappa shape index (κ2) is 7.87. The van der Waals surface area contributed by atoms with Gasteiger partial charge in [0, 0.05) is 17.0 Å². The lowest BCUT2D eigenvalue weighted by atomic mass is 10.0. The predicted octanol–water partition coefficient (Wildman–Crippen LogP) is 5.58. The maximum Gasteiger partial charge on any atom is 0.343 e. The largest absolute Gasteiger partial charge is 0.507 e. The minimum absolute atomic E-state index is 0.0825. The van der Waals surface area contributed by atoms with Gasteiger partial charge >= 0.3 is 5.63 Å². The molecule has 31 heavy (non-hydrogen) atoms. The third-order valence-corrected chi connectivity index (χ3v) is 5.73. The Bertz CT molecular complexity index is 1340. The van der Waals surface area contributed by atoms with Gasteiger partial charge in [0.05, 0.1) is 12.7 Å². The molecule has 1 N–H and O–H groups in total. The molecule has 2 aromatic carbocycles. The van der Waals surface area contributed by atoms with Crippen LogP contribution in [0.1, 0.15) is 27.8 Å². The zero-order valence-electron chi connectivity index (χ0n) is 18.2. The van der Waals surface area contributed by atoms with Crippen LogP contribution in [0.15, 0.2) is 50.0 Å². The van der Waals surface area contributed by atoms with Gasteiger partial charge in [-0.05, 0) is 68.7 Å². The Kier molecular flexibility index (Phi) is 5.23. The zero-order valence-corrected chi connectivity index (χ0v) is 18.2. The molecule has 160 valence electrons. The summed E-state index contributed by atoms with van der Waals surface area (Å²) in [6, 6.07) is 11.3. The van der Waals surface area contributed by atoms with Crippen LogP contribution in [0, 0.1) is 27.7 Å². The fourth-order valence-electron chi connectivity index (χ4n) is 3.57. The standard InChI is InChI=1S/C25H24O6/c1-13-14(2)20(28-5)9-7-18(13)12-29-19-8-6-17-10-22(30-21(17)11-19)24-15(3)23(26)16(4)25(27)31-24/h6-11,26H,12H2,1-5H3. The van der Waals surface area contributed by atoms with Crippen molar-refractivity contribution >= 4 is 11.0 Å². The number of furan rings is 1. The average molecular weight is 420 g/mol. The second-order valence-corrected chi connectivity index (χ2v) is 7.59. The number of ether oxygens (including phenoxy) is 2. The van der Waals surface area contributed by atoms with Gasteiger partial charge in [-0.2, -0.15) is 0 Å². The highest BCUT2D eigenvalue weighted by Gasteiger charge is 2.18. The number of rotatable bonds is 5. The van der Waals surface area contributed by atoms with E-state index < -0.39 is 5.63 Å². The molecule has 0 amide bonds. The summed E-state index contributed by atoms with van der Waals surface area (Å²) in [5.41, 5.74) is 3.93. The first kappa shape index (κ1) is 20.6. The number of hydrogen-bond acceptors (Lipinski definition) is 6. The fraction of sp³-hybridized carbons (Fsp3) is 0.240. The molecule has 2 heterocycles. The van der Waals surface area contributed by atoms with Gasteiger partial charge < -0.3 is 23.4 Å². The normalized spacial score (nSPS) is 11.1. The fourth-order valence-corrected chi connectivity index (χ4v) is 3.57. The number of hydrogen-bond donors (Lipinski definition) is 1. The van der Waals surface area contributed by atoms with E-state index in [9.17, 15) is 9.90 Å². The van der Waals surface area contributed by atoms with Gasteiger partial charge in [-0.15, -0.1) is 0 Å². The first-order valence-electron chi connectivity index (χ1n) is 9.93. The van der Waals surface area contributed by atoms with Gasteiger partial charge in [-0.3, -0.25) is 0 Å². The molecule has 0 radical (unpaired) electrons. The summed E-state index contributed by atoms with van der Waals surface area (Å²) in [5.74, 6) is 2.02. The van der Waals surface area contributed by atoms with Crippen LogP contribution >= 0.6 is 0 Å². The van der Waals surface area contributed by atoms with E-state index in [0.717, 1.165) is 27.8 Å². The van der Waals surface area contributed by atoms with Gasteiger partial charge in [0.25, 0.3) is 0 Å². The highest BCUT2D eigenvalue weighted by Crippen LogP contribution is 2.35. The summed E-state index contributed by atoms with van der Waals surface area (Å²) in [5, 5.41) is 11.0. The van der Waals surface area contributed by atoms with Crippen molar-refractivity contribution in [2.45, 2.75) is 34.3 Å². The lowest BCUT2D eigenvalue weighted by molar-refractivity contribution is 0.305. The van der Waals surface area contributed by atoms with Crippen molar-refractivity contribution in [3.05, 3.63) is 74.6 Å². The summed E-state index contributed by atoms with van der Waals surface area (Å²) in [7, 11) is 1.66. The van der Waals surface area contributed by atoms with Crippen molar-refractivity contribution in [3.63, 3.8) is 0 Å². The van der Waals surface area contributed by atoms with Crippen molar-refractivity contribution in [2.24, 2.45) is 0 Å². The molecule has 0 unspecified atom stereocenters. The highest BCUT2D eigenvalue weighted by molar-refractivity contribution is 5.83. The molecule has 4 aromatic rings. The van der Waals surface area contributed by atoms with Crippen LogP contribution in [0.4, 0.5) is 0 Å². The molecule has 0 saturated heterocycles. The highest BCUT2D eigenvalue weighted by atomic mass is 16.5. The summed E-state index contributed by atoms with van der Waals surface area (Å²) < 4.78 is 22.6. The van der Waals surface area contributed by atoms with Gasteiger partial charge in [-0.25, -0.2) is 4.79 Å². The summed E-state index contributed by atoms with van der Waals surface area (Å²) in [6.45, 7) is 7.69. The number of aromatic hydroxyl groups is 1. The minimum atomic E-state index is -0.590. The van der Waals surface area contributed by atoms with Crippen molar-refractivity contribution in [1.29, 1.82) is 0 Å². The van der Waals surface area contributed by atoms with Crippen molar-refractivity contribution < 1.29 is 23.4 Å². The van der Waals surface area contributed by atoms with Crippen molar-refractivity contribution in [1.82, 2.24) is 0 Å². The molecular formula is C25H24O6. The summed E-state index contributed by atoms with van der Waals surface area (Å²) >= 11 is 0. The first-order chi connectivity index (χ1) is 14.8. The second-order valence-electron chi connectivity index (χ2n) is 7.59. The van der Waals surface area contributed by atoms with Gasteiger partial charge in [-0.1, -0.05) is 6.07 Å². The predicted molar refractivity (Wildman–Crippen MR) is 118 cm³/mol.